The normalized spacial score (nSPS) is 11.2. The number of aliphatic carboxylic acids is 1. The van der Waals surface area contributed by atoms with Gasteiger partial charge in [0.1, 0.15) is 11.5 Å². The van der Waals surface area contributed by atoms with E-state index in [0.29, 0.717) is 5.75 Å². The third-order valence-electron chi connectivity index (χ3n) is 2.71. The zero-order valence-electron chi connectivity index (χ0n) is 10.0. The maximum absolute atomic E-state index is 10.9. The van der Waals surface area contributed by atoms with E-state index < -0.39 is 11.9 Å². The molecule has 0 spiro atoms. The first-order valence-corrected chi connectivity index (χ1v) is 5.72. The first-order chi connectivity index (χ1) is 8.66. The Morgan fingerprint density at radius 2 is 1.68 bits per heavy atom. The van der Waals surface area contributed by atoms with Gasteiger partial charge in [-0.25, -0.2) is 0 Å². The summed E-state index contributed by atoms with van der Waals surface area (Å²) in [5.41, 5.74) is 0.732. The fraction of sp³-hybridized carbons (Fsp3) is 0.133. The van der Waals surface area contributed by atoms with Crippen molar-refractivity contribution in [1.82, 2.24) is 0 Å². The molecular weight excluding hydrogens is 268 g/mol. The molecular formula is C15H16CaO3. The Labute approximate surface area is 142 Å². The number of ether oxygens (including phenoxy) is 1. The van der Waals surface area contributed by atoms with Crippen molar-refractivity contribution in [1.29, 1.82) is 0 Å². The Morgan fingerprint density at radius 3 is 2.32 bits per heavy atom. The van der Waals surface area contributed by atoms with Crippen molar-refractivity contribution in [3.63, 3.8) is 0 Å². The molecule has 0 radical (unpaired) electrons. The summed E-state index contributed by atoms with van der Waals surface area (Å²) in [5, 5.41) is 8.98. The van der Waals surface area contributed by atoms with Gasteiger partial charge in [0.2, 0.25) is 0 Å². The van der Waals surface area contributed by atoms with Crippen LogP contribution in [0.1, 0.15) is 18.4 Å². The molecule has 1 atom stereocenters. The van der Waals surface area contributed by atoms with Crippen molar-refractivity contribution in [3.8, 4) is 11.5 Å². The predicted octanol–water partition coefficient (Wildman–Crippen LogP) is 2.75. The molecule has 19 heavy (non-hydrogen) atoms. The Hall–Kier alpha value is -1.03. The van der Waals surface area contributed by atoms with Crippen LogP contribution in [-0.2, 0) is 4.79 Å². The number of carboxylic acid groups (broad SMARTS) is 1. The van der Waals surface area contributed by atoms with Gasteiger partial charge in [0, 0.05) is 0 Å². The number of carbonyl (C=O) groups is 1. The summed E-state index contributed by atoms with van der Waals surface area (Å²) in [6, 6.07) is 16.6. The van der Waals surface area contributed by atoms with Crippen molar-refractivity contribution in [3.05, 3.63) is 60.2 Å². The molecule has 2 aromatic rings. The molecule has 2 rings (SSSR count). The Bertz CT molecular complexity index is 540. The number of hydrogen-bond donors (Lipinski definition) is 1. The maximum atomic E-state index is 10.9. The molecule has 0 heterocycles. The SMILES string of the molecule is CC(C(=O)O)c1cccc(Oc2ccccc2)c1.[CaH2]. The van der Waals surface area contributed by atoms with E-state index in [9.17, 15) is 4.79 Å². The minimum absolute atomic E-state index is 0. The first kappa shape index (κ1) is 16.0. The van der Waals surface area contributed by atoms with Gasteiger partial charge in [-0.1, -0.05) is 30.3 Å². The van der Waals surface area contributed by atoms with E-state index in [-0.39, 0.29) is 37.7 Å². The van der Waals surface area contributed by atoms with Crippen molar-refractivity contribution in [2.75, 3.05) is 0 Å². The predicted molar refractivity (Wildman–Crippen MR) is 77.6 cm³/mol. The van der Waals surface area contributed by atoms with Crippen LogP contribution in [0, 0.1) is 0 Å². The second-order valence-corrected chi connectivity index (χ2v) is 4.05. The Balaban J connectivity index is 0.00000180. The summed E-state index contributed by atoms with van der Waals surface area (Å²) in [5.74, 6) is 0.000567. The number of para-hydroxylation sites is 1. The van der Waals surface area contributed by atoms with Crippen molar-refractivity contribution in [2.45, 2.75) is 12.8 Å². The number of carboxylic acids is 1. The molecule has 0 aromatic heterocycles. The van der Waals surface area contributed by atoms with Crippen LogP contribution < -0.4 is 4.74 Å². The molecule has 0 amide bonds. The van der Waals surface area contributed by atoms with Crippen LogP contribution in [0.2, 0.25) is 0 Å². The summed E-state index contributed by atoms with van der Waals surface area (Å²) in [7, 11) is 0. The number of hydrogen-bond acceptors (Lipinski definition) is 2. The van der Waals surface area contributed by atoms with Gasteiger partial charge in [-0.3, -0.25) is 4.79 Å². The van der Waals surface area contributed by atoms with Gasteiger partial charge in [0.05, 0.1) is 5.92 Å². The molecule has 0 saturated carbocycles. The van der Waals surface area contributed by atoms with Crippen LogP contribution in [-0.4, -0.2) is 48.8 Å². The quantitative estimate of drug-likeness (QED) is 0.878. The molecule has 0 saturated heterocycles. The van der Waals surface area contributed by atoms with E-state index in [4.69, 9.17) is 9.84 Å². The van der Waals surface area contributed by atoms with Crippen LogP contribution in [0.15, 0.2) is 54.6 Å². The molecule has 0 aliphatic carbocycles. The average molecular weight is 284 g/mol. The Kier molecular flexibility index (Phi) is 6.35. The Morgan fingerprint density at radius 1 is 1.05 bits per heavy atom. The van der Waals surface area contributed by atoms with Gasteiger partial charge >= 0.3 is 43.7 Å². The molecule has 1 N–H and O–H groups in total. The monoisotopic (exact) mass is 284 g/mol. The van der Waals surface area contributed by atoms with E-state index in [0.717, 1.165) is 11.3 Å². The third-order valence-corrected chi connectivity index (χ3v) is 2.71. The van der Waals surface area contributed by atoms with E-state index in [1.807, 2.05) is 36.4 Å². The van der Waals surface area contributed by atoms with Gasteiger partial charge in [-0.2, -0.15) is 0 Å². The first-order valence-electron chi connectivity index (χ1n) is 5.72. The second kappa shape index (κ2) is 7.53. The molecule has 0 aliphatic rings. The van der Waals surface area contributed by atoms with E-state index in [2.05, 4.69) is 0 Å². The summed E-state index contributed by atoms with van der Waals surface area (Å²) in [6.45, 7) is 1.66. The number of benzene rings is 2. The molecule has 0 aliphatic heterocycles. The van der Waals surface area contributed by atoms with Gasteiger partial charge < -0.3 is 9.84 Å². The van der Waals surface area contributed by atoms with Crippen LogP contribution in [0.25, 0.3) is 0 Å². The van der Waals surface area contributed by atoms with Crippen LogP contribution in [0.4, 0.5) is 0 Å². The van der Waals surface area contributed by atoms with Gasteiger partial charge in [0.15, 0.2) is 0 Å². The van der Waals surface area contributed by atoms with Gasteiger partial charge in [0.25, 0.3) is 0 Å². The summed E-state index contributed by atoms with van der Waals surface area (Å²) < 4.78 is 5.66. The van der Waals surface area contributed by atoms with Crippen LogP contribution in [0.3, 0.4) is 0 Å². The van der Waals surface area contributed by atoms with Crippen molar-refractivity contribution < 1.29 is 14.6 Å². The van der Waals surface area contributed by atoms with E-state index in [1.54, 1.807) is 25.1 Å². The summed E-state index contributed by atoms with van der Waals surface area (Å²) in [6.07, 6.45) is 0. The fourth-order valence-corrected chi connectivity index (χ4v) is 1.61. The van der Waals surface area contributed by atoms with E-state index in [1.165, 1.54) is 0 Å². The van der Waals surface area contributed by atoms with Crippen molar-refractivity contribution >= 4 is 43.7 Å². The van der Waals surface area contributed by atoms with Crippen molar-refractivity contribution in [2.24, 2.45) is 0 Å². The average Bonchev–Trinajstić information content (AvgIpc) is 2.39. The standard InChI is InChI=1S/C15H14O3.Ca.2H/c1-11(15(16)17)12-6-5-9-14(10-12)18-13-7-3-2-4-8-13;;;/h2-11H,1H3,(H,16,17);;;. The van der Waals surface area contributed by atoms with Crippen LogP contribution >= 0.6 is 0 Å². The molecule has 0 fully saturated rings. The van der Waals surface area contributed by atoms with Gasteiger partial charge in [-0.15, -0.1) is 0 Å². The minimum atomic E-state index is -0.841. The number of rotatable bonds is 4. The molecule has 96 valence electrons. The third kappa shape index (κ3) is 4.53. The summed E-state index contributed by atoms with van der Waals surface area (Å²) in [4.78, 5) is 10.9. The molecule has 2 aromatic carbocycles. The molecule has 1 unspecified atom stereocenters. The molecule has 4 heteroatoms. The fourth-order valence-electron chi connectivity index (χ4n) is 1.61. The van der Waals surface area contributed by atoms with E-state index >= 15 is 0 Å². The zero-order valence-corrected chi connectivity index (χ0v) is 10.0. The molecule has 0 bridgehead atoms. The van der Waals surface area contributed by atoms with Gasteiger partial charge in [-0.05, 0) is 36.8 Å². The molecule has 3 nitrogen and oxygen atoms in total. The summed E-state index contributed by atoms with van der Waals surface area (Å²) >= 11 is 0. The second-order valence-electron chi connectivity index (χ2n) is 4.05. The van der Waals surface area contributed by atoms with Crippen LogP contribution in [0.5, 0.6) is 11.5 Å². The topological polar surface area (TPSA) is 46.5 Å². The zero-order chi connectivity index (χ0) is 13.0.